The van der Waals surface area contributed by atoms with Crippen LogP contribution in [0.1, 0.15) is 0 Å². The lowest BCUT2D eigenvalue weighted by atomic mass is 9.97. The molecule has 5 aromatic heterocycles. The molecule has 0 bridgehead atoms. The van der Waals surface area contributed by atoms with E-state index in [-0.39, 0.29) is 0 Å². The molecule has 0 aliphatic rings. The number of imidazole rings is 1. The van der Waals surface area contributed by atoms with Crippen LogP contribution in [-0.2, 0) is 0 Å². The van der Waals surface area contributed by atoms with Gasteiger partial charge in [-0.2, -0.15) is 0 Å². The standard InChI is InChI=1S/C36H23N5/c1-2-11-29-24(8-1)16-19-41-35-23-27(14-15-32(35)40-36(29)41)25-9-7-10-26(20-25)28-21-33(30-12-3-5-17-37-30)39-34(22-28)31-13-4-6-18-38-31/h1-23H. The van der Waals surface area contributed by atoms with Gasteiger partial charge in [0.1, 0.15) is 5.65 Å². The third-order valence-corrected chi connectivity index (χ3v) is 7.50. The number of benzene rings is 3. The molecule has 5 nitrogen and oxygen atoms in total. The molecule has 192 valence electrons. The van der Waals surface area contributed by atoms with Crippen molar-refractivity contribution in [3.8, 4) is 45.0 Å². The van der Waals surface area contributed by atoms with E-state index in [1.165, 1.54) is 5.39 Å². The topological polar surface area (TPSA) is 56.0 Å². The highest BCUT2D eigenvalue weighted by Crippen LogP contribution is 2.33. The van der Waals surface area contributed by atoms with Crippen LogP contribution in [0.25, 0.3) is 72.5 Å². The molecule has 0 aliphatic heterocycles. The van der Waals surface area contributed by atoms with E-state index in [1.807, 2.05) is 36.4 Å². The SMILES string of the molecule is c1ccc(-c2cc(-c3cccc(-c4ccc5nc6c7ccccc7ccn6c5c4)c3)cc(-c3ccccn3)n2)nc1. The minimum Gasteiger partial charge on any atom is -0.299 e. The van der Waals surface area contributed by atoms with Crippen molar-refractivity contribution in [2.24, 2.45) is 0 Å². The van der Waals surface area contributed by atoms with Crippen molar-refractivity contribution in [1.29, 1.82) is 0 Å². The van der Waals surface area contributed by atoms with Gasteiger partial charge < -0.3 is 0 Å². The van der Waals surface area contributed by atoms with Crippen molar-refractivity contribution in [3.63, 3.8) is 0 Å². The molecule has 0 N–H and O–H groups in total. The van der Waals surface area contributed by atoms with E-state index in [0.29, 0.717) is 0 Å². The summed E-state index contributed by atoms with van der Waals surface area (Å²) in [4.78, 5) is 19.0. The first kappa shape index (κ1) is 23.2. The molecule has 3 aromatic carbocycles. The molecule has 8 aromatic rings. The highest BCUT2D eigenvalue weighted by Gasteiger charge is 2.13. The molecule has 0 saturated heterocycles. The number of nitrogens with zero attached hydrogens (tertiary/aromatic N) is 5. The number of pyridine rings is 4. The van der Waals surface area contributed by atoms with Crippen molar-refractivity contribution >= 4 is 27.5 Å². The molecule has 0 fully saturated rings. The first-order chi connectivity index (χ1) is 20.3. The zero-order chi connectivity index (χ0) is 27.2. The zero-order valence-electron chi connectivity index (χ0n) is 22.0. The maximum atomic E-state index is 4.96. The van der Waals surface area contributed by atoms with Crippen LogP contribution in [0.5, 0.6) is 0 Å². The molecular formula is C36H23N5. The van der Waals surface area contributed by atoms with Crippen LogP contribution in [0.2, 0.25) is 0 Å². The van der Waals surface area contributed by atoms with Crippen LogP contribution in [0.4, 0.5) is 0 Å². The van der Waals surface area contributed by atoms with E-state index in [2.05, 4.69) is 105 Å². The Morgan fingerprint density at radius 2 is 1.15 bits per heavy atom. The summed E-state index contributed by atoms with van der Waals surface area (Å²) in [6.07, 6.45) is 5.70. The summed E-state index contributed by atoms with van der Waals surface area (Å²) in [5.41, 5.74) is 10.8. The van der Waals surface area contributed by atoms with Gasteiger partial charge in [0.05, 0.1) is 33.8 Å². The number of fused-ring (bicyclic) bond motifs is 5. The summed E-state index contributed by atoms with van der Waals surface area (Å²) in [6.45, 7) is 0. The van der Waals surface area contributed by atoms with Gasteiger partial charge in [0, 0.05) is 24.0 Å². The van der Waals surface area contributed by atoms with E-state index in [9.17, 15) is 0 Å². The lowest BCUT2D eigenvalue weighted by Gasteiger charge is -2.11. The smallest absolute Gasteiger partial charge is 0.145 e. The van der Waals surface area contributed by atoms with Crippen molar-refractivity contribution in [1.82, 2.24) is 24.3 Å². The quantitative estimate of drug-likeness (QED) is 0.231. The van der Waals surface area contributed by atoms with E-state index in [4.69, 9.17) is 9.97 Å². The summed E-state index contributed by atoms with van der Waals surface area (Å²) >= 11 is 0. The summed E-state index contributed by atoms with van der Waals surface area (Å²) in [7, 11) is 0. The van der Waals surface area contributed by atoms with Crippen molar-refractivity contribution in [3.05, 3.63) is 140 Å². The van der Waals surface area contributed by atoms with E-state index >= 15 is 0 Å². The Kier molecular flexibility index (Phi) is 5.38. The molecule has 5 heterocycles. The second kappa shape index (κ2) is 9.50. The maximum Gasteiger partial charge on any atom is 0.145 e. The molecule has 0 unspecified atom stereocenters. The van der Waals surface area contributed by atoms with Gasteiger partial charge in [0.25, 0.3) is 0 Å². The number of hydrogen-bond donors (Lipinski definition) is 0. The molecule has 41 heavy (non-hydrogen) atoms. The third-order valence-electron chi connectivity index (χ3n) is 7.50. The van der Waals surface area contributed by atoms with Crippen LogP contribution in [0.3, 0.4) is 0 Å². The fourth-order valence-electron chi connectivity index (χ4n) is 5.48. The fraction of sp³-hybridized carbons (Fsp3) is 0. The summed E-state index contributed by atoms with van der Waals surface area (Å²) in [6, 6.07) is 41.7. The minimum atomic E-state index is 0.813. The molecule has 0 radical (unpaired) electrons. The number of rotatable bonds is 4. The molecule has 0 atom stereocenters. The van der Waals surface area contributed by atoms with E-state index in [0.717, 1.165) is 67.1 Å². The lowest BCUT2D eigenvalue weighted by Crippen LogP contribution is -1.94. The first-order valence-corrected chi connectivity index (χ1v) is 13.6. The average Bonchev–Trinajstić information content (AvgIpc) is 3.44. The number of aromatic nitrogens is 5. The van der Waals surface area contributed by atoms with E-state index in [1.54, 1.807) is 12.4 Å². The average molecular weight is 526 g/mol. The Balaban J connectivity index is 1.26. The van der Waals surface area contributed by atoms with Crippen LogP contribution in [0, 0.1) is 0 Å². The highest BCUT2D eigenvalue weighted by molar-refractivity contribution is 5.98. The largest absolute Gasteiger partial charge is 0.299 e. The van der Waals surface area contributed by atoms with Gasteiger partial charge in [-0.25, -0.2) is 9.97 Å². The van der Waals surface area contributed by atoms with Crippen molar-refractivity contribution in [2.75, 3.05) is 0 Å². The lowest BCUT2D eigenvalue weighted by molar-refractivity contribution is 1.22. The van der Waals surface area contributed by atoms with Crippen molar-refractivity contribution < 1.29 is 0 Å². The van der Waals surface area contributed by atoms with Gasteiger partial charge in [-0.15, -0.1) is 0 Å². The Hall–Kier alpha value is -5.68. The highest BCUT2D eigenvalue weighted by atomic mass is 15.0. The Bertz CT molecular complexity index is 2140. The Morgan fingerprint density at radius 1 is 0.463 bits per heavy atom. The first-order valence-electron chi connectivity index (χ1n) is 13.6. The summed E-state index contributed by atoms with van der Waals surface area (Å²) in [5, 5.41) is 2.34. The van der Waals surface area contributed by atoms with Crippen LogP contribution < -0.4 is 0 Å². The van der Waals surface area contributed by atoms with Crippen LogP contribution in [0.15, 0.2) is 140 Å². The fourth-order valence-corrected chi connectivity index (χ4v) is 5.48. The second-order valence-electron chi connectivity index (χ2n) is 10.0. The number of hydrogen-bond acceptors (Lipinski definition) is 4. The molecule has 0 aliphatic carbocycles. The monoisotopic (exact) mass is 525 g/mol. The molecule has 5 heteroatoms. The maximum absolute atomic E-state index is 4.96. The van der Waals surface area contributed by atoms with E-state index < -0.39 is 0 Å². The molecule has 0 amide bonds. The summed E-state index contributed by atoms with van der Waals surface area (Å²) in [5.74, 6) is 0. The summed E-state index contributed by atoms with van der Waals surface area (Å²) < 4.78 is 2.19. The van der Waals surface area contributed by atoms with Crippen LogP contribution in [-0.4, -0.2) is 24.3 Å². The molecular weight excluding hydrogens is 502 g/mol. The zero-order valence-corrected chi connectivity index (χ0v) is 22.0. The van der Waals surface area contributed by atoms with Crippen molar-refractivity contribution in [2.45, 2.75) is 0 Å². The van der Waals surface area contributed by atoms with Gasteiger partial charge >= 0.3 is 0 Å². The van der Waals surface area contributed by atoms with Gasteiger partial charge in [-0.1, -0.05) is 60.7 Å². The predicted octanol–water partition coefficient (Wildman–Crippen LogP) is 8.49. The predicted molar refractivity (Wildman–Crippen MR) is 165 cm³/mol. The Labute approximate surface area is 236 Å². The molecule has 0 spiro atoms. The Morgan fingerprint density at radius 3 is 1.88 bits per heavy atom. The van der Waals surface area contributed by atoms with Gasteiger partial charge in [-0.05, 0) is 88.3 Å². The minimum absolute atomic E-state index is 0.813. The molecule has 8 rings (SSSR count). The van der Waals surface area contributed by atoms with Gasteiger partial charge in [0.2, 0.25) is 0 Å². The molecule has 0 saturated carbocycles. The third kappa shape index (κ3) is 4.12. The van der Waals surface area contributed by atoms with Gasteiger partial charge in [-0.3, -0.25) is 14.4 Å². The normalized spacial score (nSPS) is 11.4. The van der Waals surface area contributed by atoms with Gasteiger partial charge in [0.15, 0.2) is 0 Å². The second-order valence-corrected chi connectivity index (χ2v) is 10.0. The van der Waals surface area contributed by atoms with Crippen LogP contribution >= 0.6 is 0 Å².